The fourth-order valence-electron chi connectivity index (χ4n) is 7.45. The minimum atomic E-state index is -5.08. The van der Waals surface area contributed by atoms with Crippen LogP contribution >= 0.6 is 0 Å². The van der Waals surface area contributed by atoms with Crippen LogP contribution in [0, 0.1) is 5.82 Å². The van der Waals surface area contributed by atoms with Crippen LogP contribution in [0.1, 0.15) is 54.8 Å². The summed E-state index contributed by atoms with van der Waals surface area (Å²) in [4.78, 5) is 40.5. The predicted molar refractivity (Wildman–Crippen MR) is 209 cm³/mol. The molecule has 3 aromatic carbocycles. The number of aliphatic carboxylic acids is 1. The van der Waals surface area contributed by atoms with Gasteiger partial charge in [-0.3, -0.25) is 9.69 Å². The summed E-state index contributed by atoms with van der Waals surface area (Å²) in [6.45, 7) is 4.86. The van der Waals surface area contributed by atoms with Crippen molar-refractivity contribution in [2.45, 2.75) is 75.2 Å². The number of carbonyl (C=O) groups excluding carboxylic acids is 1. The average Bonchev–Trinajstić information content (AvgIpc) is 3.93. The molecule has 1 aliphatic carbocycles. The van der Waals surface area contributed by atoms with Gasteiger partial charge < -0.3 is 35.4 Å². The Balaban J connectivity index is 0.000000743. The number of halogens is 4. The Morgan fingerprint density at radius 1 is 0.948 bits per heavy atom. The lowest BCUT2D eigenvalue weighted by Gasteiger charge is -2.26. The average molecular weight is 807 g/mol. The molecule has 6 atom stereocenters. The molecule has 1 aliphatic heterocycles. The van der Waals surface area contributed by atoms with Crippen molar-refractivity contribution in [3.63, 3.8) is 0 Å². The molecule has 0 radical (unpaired) electrons. The minimum absolute atomic E-state index is 0.115. The zero-order valence-electron chi connectivity index (χ0n) is 31.9. The fraction of sp³-hybridized carbons (Fsp3) is 0.390. The monoisotopic (exact) mass is 806 g/mol. The molecule has 17 heteroatoms. The van der Waals surface area contributed by atoms with Crippen LogP contribution in [-0.2, 0) is 16.1 Å². The number of carboxylic acid groups (broad SMARTS) is 1. The number of aliphatic hydroxyl groups is 2. The number of hydrogen-bond donors (Lipinski definition) is 5. The number of likely N-dealkylation sites (N-methyl/N-ethyl adjacent to an activating group) is 1. The van der Waals surface area contributed by atoms with Gasteiger partial charge in [-0.15, -0.1) is 0 Å². The lowest BCUT2D eigenvalue weighted by atomic mass is 9.91. The largest absolute Gasteiger partial charge is 0.490 e. The highest BCUT2D eigenvalue weighted by Gasteiger charge is 2.44. The SMILES string of the molecule is CCC(=O)N[C@H]1C[C@@H](n2cnc3c(NCC(c4ccccc4)c4ccc(F)cc4)nc(N(C)[C@H]4CCN(Cc5ccccc5)C4)nc32)[C@H](O)[C@@H]1O.O=C(O)C(F)(F)F. The smallest absolute Gasteiger partial charge is 0.475 e. The number of benzene rings is 3. The van der Waals surface area contributed by atoms with E-state index in [0.717, 1.165) is 37.2 Å². The number of fused-ring (bicyclic) bond motifs is 1. The summed E-state index contributed by atoms with van der Waals surface area (Å²) in [5, 5.41) is 35.7. The topological polar surface area (TPSA) is 169 Å². The number of hydrogen-bond acceptors (Lipinski definition) is 10. The van der Waals surface area contributed by atoms with E-state index in [1.807, 2.05) is 31.3 Å². The molecule has 1 amide bonds. The van der Waals surface area contributed by atoms with Crippen molar-refractivity contribution in [3.05, 3.63) is 114 Å². The Morgan fingerprint density at radius 3 is 2.22 bits per heavy atom. The lowest BCUT2D eigenvalue weighted by molar-refractivity contribution is -0.192. The van der Waals surface area contributed by atoms with E-state index in [9.17, 15) is 32.6 Å². The van der Waals surface area contributed by atoms with Gasteiger partial charge in [0.15, 0.2) is 17.0 Å². The third kappa shape index (κ3) is 9.89. The Bertz CT molecular complexity index is 2140. The number of aromatic nitrogens is 4. The molecule has 0 bridgehead atoms. The second kappa shape index (κ2) is 18.3. The van der Waals surface area contributed by atoms with Gasteiger partial charge in [0.2, 0.25) is 11.9 Å². The number of amides is 1. The van der Waals surface area contributed by atoms with Crippen molar-refractivity contribution in [1.29, 1.82) is 0 Å². The van der Waals surface area contributed by atoms with Crippen LogP contribution in [0.4, 0.5) is 29.3 Å². The van der Waals surface area contributed by atoms with Gasteiger partial charge in [0.1, 0.15) is 18.0 Å². The van der Waals surface area contributed by atoms with Gasteiger partial charge in [0, 0.05) is 51.6 Å². The maximum atomic E-state index is 13.9. The van der Waals surface area contributed by atoms with Crippen molar-refractivity contribution < 1.29 is 42.5 Å². The number of alkyl halides is 3. The maximum Gasteiger partial charge on any atom is 0.490 e. The fourth-order valence-corrected chi connectivity index (χ4v) is 7.45. The quantitative estimate of drug-likeness (QED) is 0.106. The second-order valence-corrected chi connectivity index (χ2v) is 14.5. The van der Waals surface area contributed by atoms with Crippen LogP contribution in [-0.4, -0.2) is 109 Å². The molecule has 1 unspecified atom stereocenters. The van der Waals surface area contributed by atoms with Crippen molar-refractivity contribution >= 4 is 34.8 Å². The van der Waals surface area contributed by atoms with Gasteiger partial charge in [0.25, 0.3) is 0 Å². The highest BCUT2D eigenvalue weighted by molar-refractivity contribution is 5.84. The first-order valence-electron chi connectivity index (χ1n) is 19.0. The Kier molecular flexibility index (Phi) is 13.2. The van der Waals surface area contributed by atoms with Crippen LogP contribution < -0.4 is 15.5 Å². The first-order valence-corrected chi connectivity index (χ1v) is 19.0. The third-order valence-electron chi connectivity index (χ3n) is 10.6. The normalized spacial score (nSPS) is 21.3. The van der Waals surface area contributed by atoms with E-state index in [1.54, 1.807) is 30.0 Å². The summed E-state index contributed by atoms with van der Waals surface area (Å²) < 4.78 is 47.5. The molecule has 2 aromatic heterocycles. The zero-order valence-corrected chi connectivity index (χ0v) is 31.9. The van der Waals surface area contributed by atoms with Crippen LogP contribution in [0.2, 0.25) is 0 Å². The molecule has 308 valence electrons. The van der Waals surface area contributed by atoms with E-state index in [0.29, 0.717) is 35.9 Å². The molecule has 2 aliphatic rings. The molecule has 2 fully saturated rings. The molecule has 58 heavy (non-hydrogen) atoms. The second-order valence-electron chi connectivity index (χ2n) is 14.5. The lowest BCUT2D eigenvalue weighted by Crippen LogP contribution is -2.42. The molecule has 1 saturated heterocycles. The van der Waals surface area contributed by atoms with E-state index in [2.05, 4.69) is 56.8 Å². The standard InChI is InChI=1S/C39H45FN8O3.C2HF3O2/c1-3-33(49)43-31-20-32(36(51)35(31)50)48-24-42-34-37(41-21-30(26-12-8-5-9-13-26)27-14-16-28(40)17-15-27)44-39(45-38(34)48)46(2)29-18-19-47(23-29)22-25-10-6-4-7-11-25;3-2(4,5)1(6)7/h4-17,24,29-32,35-36,50-51H,3,18-23H2,1-2H3,(H,43,49)(H,41,44,45);(H,6,7)/t29-,30?,31-,32+,35+,36-;/m0./s1. The van der Waals surface area contributed by atoms with Crippen molar-refractivity contribution in [1.82, 2.24) is 29.7 Å². The molecule has 1 saturated carbocycles. The summed E-state index contributed by atoms with van der Waals surface area (Å²) in [7, 11) is 2.01. The van der Waals surface area contributed by atoms with Gasteiger partial charge in [-0.1, -0.05) is 79.7 Å². The van der Waals surface area contributed by atoms with Crippen molar-refractivity contribution in [2.75, 3.05) is 36.9 Å². The van der Waals surface area contributed by atoms with E-state index < -0.39 is 36.4 Å². The van der Waals surface area contributed by atoms with Crippen LogP contribution in [0.3, 0.4) is 0 Å². The third-order valence-corrected chi connectivity index (χ3v) is 10.6. The molecule has 7 rings (SSSR count). The van der Waals surface area contributed by atoms with Crippen LogP contribution in [0.25, 0.3) is 11.2 Å². The van der Waals surface area contributed by atoms with Crippen LogP contribution in [0.5, 0.6) is 0 Å². The number of likely N-dealkylation sites (tertiary alicyclic amines) is 1. The van der Waals surface area contributed by atoms with Gasteiger partial charge in [-0.25, -0.2) is 14.2 Å². The predicted octanol–water partition coefficient (Wildman–Crippen LogP) is 5.11. The molecule has 5 aromatic rings. The van der Waals surface area contributed by atoms with Crippen molar-refractivity contribution in [2.24, 2.45) is 0 Å². The number of aliphatic hydroxyl groups excluding tert-OH is 2. The number of carboxylic acids is 1. The molecule has 13 nitrogen and oxygen atoms in total. The van der Waals surface area contributed by atoms with Crippen LogP contribution in [0.15, 0.2) is 91.3 Å². The molecule has 3 heterocycles. The summed E-state index contributed by atoms with van der Waals surface area (Å²) in [6, 6.07) is 26.1. The maximum absolute atomic E-state index is 13.9. The summed E-state index contributed by atoms with van der Waals surface area (Å²) in [5.41, 5.74) is 4.34. The molecule has 0 spiro atoms. The van der Waals surface area contributed by atoms with E-state index in [1.165, 1.54) is 17.7 Å². The van der Waals surface area contributed by atoms with E-state index in [-0.39, 0.29) is 30.1 Å². The number of carbonyl (C=O) groups is 2. The van der Waals surface area contributed by atoms with Gasteiger partial charge >= 0.3 is 12.1 Å². The Morgan fingerprint density at radius 2 is 1.59 bits per heavy atom. The summed E-state index contributed by atoms with van der Waals surface area (Å²) in [5.74, 6) is -2.30. The number of nitrogens with one attached hydrogen (secondary N) is 2. The molecular formula is C41H46F4N8O5. The van der Waals surface area contributed by atoms with Gasteiger partial charge in [0.05, 0.1) is 18.4 Å². The number of imidazole rings is 1. The first-order chi connectivity index (χ1) is 27.7. The Labute approximate surface area is 332 Å². The van der Waals surface area contributed by atoms with Gasteiger partial charge in [-0.2, -0.15) is 23.1 Å². The number of rotatable bonds is 12. The summed E-state index contributed by atoms with van der Waals surface area (Å²) >= 11 is 0. The zero-order chi connectivity index (χ0) is 41.6. The molecular weight excluding hydrogens is 760 g/mol. The minimum Gasteiger partial charge on any atom is -0.475 e. The summed E-state index contributed by atoms with van der Waals surface area (Å²) in [6.07, 6.45) is -4.19. The van der Waals surface area contributed by atoms with E-state index in [4.69, 9.17) is 24.9 Å². The van der Waals surface area contributed by atoms with Gasteiger partial charge in [-0.05, 0) is 41.7 Å². The Hall–Kier alpha value is -5.65. The number of nitrogens with zero attached hydrogens (tertiary/aromatic N) is 6. The molecule has 5 N–H and O–H groups in total. The highest BCUT2D eigenvalue weighted by Crippen LogP contribution is 2.36. The first kappa shape index (κ1) is 42.0. The highest BCUT2D eigenvalue weighted by atomic mass is 19.4. The van der Waals surface area contributed by atoms with E-state index >= 15 is 0 Å². The van der Waals surface area contributed by atoms with Crippen molar-refractivity contribution in [3.8, 4) is 0 Å². The number of anilines is 2.